The number of nitrogens with one attached hydrogen (secondary N) is 2. The van der Waals surface area contributed by atoms with E-state index in [1.165, 1.54) is 45.1 Å². The van der Waals surface area contributed by atoms with E-state index in [9.17, 15) is 4.79 Å². The molecule has 1 amide bonds. The first-order valence-electron chi connectivity index (χ1n) is 9.38. The average Bonchev–Trinajstić information content (AvgIpc) is 2.95. The summed E-state index contributed by atoms with van der Waals surface area (Å²) in [5, 5.41) is 6.80. The van der Waals surface area contributed by atoms with Crippen molar-refractivity contribution < 1.29 is 4.79 Å². The predicted molar refractivity (Wildman–Crippen MR) is 97.0 cm³/mol. The van der Waals surface area contributed by atoms with Gasteiger partial charge in [0.1, 0.15) is 0 Å². The highest BCUT2D eigenvalue weighted by atomic mass is 35.5. The lowest BCUT2D eigenvalue weighted by atomic mass is 9.87. The lowest BCUT2D eigenvalue weighted by Crippen LogP contribution is -2.46. The van der Waals surface area contributed by atoms with Gasteiger partial charge in [0.15, 0.2) is 0 Å². The van der Waals surface area contributed by atoms with Crippen LogP contribution in [0, 0.1) is 11.3 Å². The fourth-order valence-electron chi connectivity index (χ4n) is 4.46. The lowest BCUT2D eigenvalue weighted by molar-refractivity contribution is -0.127. The Balaban J connectivity index is 0.00000192. The monoisotopic (exact) mass is 343 g/mol. The highest BCUT2D eigenvalue weighted by molar-refractivity contribution is 5.85. The number of nitrogens with zero attached hydrogens (tertiary/aromatic N) is 1. The number of halogens is 1. The second-order valence-corrected chi connectivity index (χ2v) is 8.13. The summed E-state index contributed by atoms with van der Waals surface area (Å²) in [5.41, 5.74) is 0.442. The first kappa shape index (κ1) is 19.0. The van der Waals surface area contributed by atoms with Gasteiger partial charge in [0.25, 0.3) is 0 Å². The van der Waals surface area contributed by atoms with Crippen LogP contribution in [0.1, 0.15) is 58.3 Å². The van der Waals surface area contributed by atoms with Crippen molar-refractivity contribution in [1.29, 1.82) is 0 Å². The Kier molecular flexibility index (Phi) is 7.18. The predicted octanol–water partition coefficient (Wildman–Crippen LogP) is 2.57. The van der Waals surface area contributed by atoms with E-state index < -0.39 is 0 Å². The Labute approximate surface area is 147 Å². The average molecular weight is 344 g/mol. The topological polar surface area (TPSA) is 44.4 Å². The molecule has 3 fully saturated rings. The summed E-state index contributed by atoms with van der Waals surface area (Å²) in [6.07, 6.45) is 9.68. The van der Waals surface area contributed by atoms with E-state index in [0.29, 0.717) is 17.4 Å². The van der Waals surface area contributed by atoms with Gasteiger partial charge in [-0.15, -0.1) is 12.4 Å². The molecule has 23 heavy (non-hydrogen) atoms. The fourth-order valence-corrected chi connectivity index (χ4v) is 4.46. The third-order valence-corrected chi connectivity index (χ3v) is 5.97. The molecule has 2 N–H and O–H groups in total. The van der Waals surface area contributed by atoms with Crippen LogP contribution in [0.15, 0.2) is 0 Å². The maximum atomic E-state index is 12.4. The summed E-state index contributed by atoms with van der Waals surface area (Å²) in [4.78, 5) is 15.0. The number of carbonyl (C=O) groups excluding carboxylic acids is 1. The summed E-state index contributed by atoms with van der Waals surface area (Å²) < 4.78 is 0. The number of hydrogen-bond acceptors (Lipinski definition) is 3. The quantitative estimate of drug-likeness (QED) is 0.824. The van der Waals surface area contributed by atoms with Crippen molar-refractivity contribution in [2.75, 3.05) is 32.7 Å². The van der Waals surface area contributed by atoms with E-state index in [2.05, 4.69) is 22.5 Å². The molecule has 1 atom stereocenters. The fraction of sp³-hybridized carbons (Fsp3) is 0.944. The van der Waals surface area contributed by atoms with Crippen LogP contribution in [0.5, 0.6) is 0 Å². The summed E-state index contributed by atoms with van der Waals surface area (Å²) in [6, 6.07) is 0.461. The van der Waals surface area contributed by atoms with E-state index in [4.69, 9.17) is 0 Å². The van der Waals surface area contributed by atoms with Crippen LogP contribution in [0.25, 0.3) is 0 Å². The van der Waals surface area contributed by atoms with Gasteiger partial charge in [-0.25, -0.2) is 0 Å². The van der Waals surface area contributed by atoms with Crippen molar-refractivity contribution in [3.05, 3.63) is 0 Å². The van der Waals surface area contributed by atoms with Crippen LogP contribution in [-0.2, 0) is 4.79 Å². The van der Waals surface area contributed by atoms with E-state index >= 15 is 0 Å². The van der Waals surface area contributed by atoms with Gasteiger partial charge in [0.2, 0.25) is 5.91 Å². The van der Waals surface area contributed by atoms with Crippen LogP contribution < -0.4 is 10.6 Å². The van der Waals surface area contributed by atoms with Crippen LogP contribution >= 0.6 is 12.4 Å². The third kappa shape index (κ3) is 5.33. The molecule has 0 aromatic carbocycles. The molecule has 2 aliphatic heterocycles. The summed E-state index contributed by atoms with van der Waals surface area (Å²) in [5.74, 6) is 0.591. The molecule has 0 bridgehead atoms. The molecule has 2 saturated heterocycles. The molecule has 5 heteroatoms. The van der Waals surface area contributed by atoms with Crippen LogP contribution in [0.4, 0.5) is 0 Å². The van der Waals surface area contributed by atoms with Crippen molar-refractivity contribution in [3.8, 4) is 0 Å². The number of carbonyl (C=O) groups is 1. The smallest absolute Gasteiger partial charge is 0.223 e. The first-order valence-corrected chi connectivity index (χ1v) is 9.38. The van der Waals surface area contributed by atoms with E-state index in [0.717, 1.165) is 39.0 Å². The summed E-state index contributed by atoms with van der Waals surface area (Å²) >= 11 is 0. The zero-order valence-corrected chi connectivity index (χ0v) is 15.4. The van der Waals surface area contributed by atoms with E-state index in [-0.39, 0.29) is 18.3 Å². The molecule has 1 aliphatic carbocycles. The minimum absolute atomic E-state index is 0. The Morgan fingerprint density at radius 1 is 1.17 bits per heavy atom. The standard InChI is InChI=1S/C18H33N3O.ClH/c1-18(9-10-19-13-18)14-21-11-7-15(8-12-21)17(22)20-16-5-3-2-4-6-16;/h15-16,19H,2-14H2,1H3,(H,20,22);1H. The normalized spacial score (nSPS) is 30.8. The van der Waals surface area contributed by atoms with Gasteiger partial charge in [-0.3, -0.25) is 4.79 Å². The molecular weight excluding hydrogens is 310 g/mol. The third-order valence-electron chi connectivity index (χ3n) is 5.97. The Morgan fingerprint density at radius 2 is 1.87 bits per heavy atom. The Bertz CT molecular complexity index is 370. The Hall–Kier alpha value is -0.320. The summed E-state index contributed by atoms with van der Waals surface area (Å²) in [7, 11) is 0. The lowest BCUT2D eigenvalue weighted by Gasteiger charge is -2.37. The number of piperidine rings is 1. The minimum atomic E-state index is 0. The zero-order chi connectivity index (χ0) is 15.4. The van der Waals surface area contributed by atoms with Crippen molar-refractivity contribution in [2.24, 2.45) is 11.3 Å². The highest BCUT2D eigenvalue weighted by Crippen LogP contribution is 2.28. The van der Waals surface area contributed by atoms with E-state index in [1.807, 2.05) is 0 Å². The molecule has 0 radical (unpaired) electrons. The van der Waals surface area contributed by atoms with Crippen LogP contribution in [-0.4, -0.2) is 49.6 Å². The van der Waals surface area contributed by atoms with Crippen molar-refractivity contribution in [3.63, 3.8) is 0 Å². The highest BCUT2D eigenvalue weighted by Gasteiger charge is 2.33. The second kappa shape index (κ2) is 8.68. The van der Waals surface area contributed by atoms with Crippen LogP contribution in [0.3, 0.4) is 0 Å². The maximum absolute atomic E-state index is 12.4. The molecule has 0 aromatic heterocycles. The molecule has 2 heterocycles. The van der Waals surface area contributed by atoms with Crippen molar-refractivity contribution in [2.45, 2.75) is 64.3 Å². The molecule has 1 saturated carbocycles. The molecule has 3 aliphatic rings. The van der Waals surface area contributed by atoms with Gasteiger partial charge in [-0.2, -0.15) is 0 Å². The maximum Gasteiger partial charge on any atom is 0.223 e. The van der Waals surface area contributed by atoms with Gasteiger partial charge in [-0.1, -0.05) is 26.2 Å². The zero-order valence-electron chi connectivity index (χ0n) is 14.6. The molecular formula is C18H34ClN3O. The molecule has 0 spiro atoms. The van der Waals surface area contributed by atoms with Crippen molar-refractivity contribution in [1.82, 2.24) is 15.5 Å². The number of hydrogen-bond donors (Lipinski definition) is 2. The van der Waals surface area contributed by atoms with Crippen molar-refractivity contribution >= 4 is 18.3 Å². The van der Waals surface area contributed by atoms with E-state index in [1.54, 1.807) is 0 Å². The first-order chi connectivity index (χ1) is 10.6. The van der Waals surface area contributed by atoms with Gasteiger partial charge in [0.05, 0.1) is 0 Å². The Morgan fingerprint density at radius 3 is 2.48 bits per heavy atom. The molecule has 0 aromatic rings. The van der Waals surface area contributed by atoms with Gasteiger partial charge in [0, 0.05) is 25.0 Å². The number of rotatable bonds is 4. The number of amides is 1. The SMILES string of the molecule is CC1(CN2CCC(C(=O)NC3CCCCC3)CC2)CCNC1.Cl. The second-order valence-electron chi connectivity index (χ2n) is 8.13. The van der Waals surface area contributed by atoms with Gasteiger partial charge >= 0.3 is 0 Å². The van der Waals surface area contributed by atoms with Crippen LogP contribution in [0.2, 0.25) is 0 Å². The molecule has 134 valence electrons. The largest absolute Gasteiger partial charge is 0.353 e. The minimum Gasteiger partial charge on any atom is -0.353 e. The summed E-state index contributed by atoms with van der Waals surface area (Å²) in [6.45, 7) is 8.09. The number of likely N-dealkylation sites (tertiary alicyclic amines) is 1. The molecule has 3 rings (SSSR count). The van der Waals surface area contributed by atoms with Gasteiger partial charge < -0.3 is 15.5 Å². The van der Waals surface area contributed by atoms with Gasteiger partial charge in [-0.05, 0) is 57.2 Å². The molecule has 4 nitrogen and oxygen atoms in total. The molecule has 1 unspecified atom stereocenters.